The van der Waals surface area contributed by atoms with E-state index < -0.39 is 0 Å². The molecule has 2 rings (SSSR count). The summed E-state index contributed by atoms with van der Waals surface area (Å²) in [5, 5.41) is 1.29. The molecule has 14 heavy (non-hydrogen) atoms. The van der Waals surface area contributed by atoms with Gasteiger partial charge >= 0.3 is 0 Å². The van der Waals surface area contributed by atoms with Crippen LogP contribution >= 0.6 is 22.9 Å². The molecular formula is C10H15ClN2S. The van der Waals surface area contributed by atoms with Gasteiger partial charge in [0.1, 0.15) is 0 Å². The summed E-state index contributed by atoms with van der Waals surface area (Å²) in [4.78, 5) is 8.03. The van der Waals surface area contributed by atoms with E-state index in [-0.39, 0.29) is 0 Å². The van der Waals surface area contributed by atoms with E-state index in [1.165, 1.54) is 35.8 Å². The summed E-state index contributed by atoms with van der Waals surface area (Å²) in [6.07, 6.45) is 4.41. The van der Waals surface area contributed by atoms with Crippen molar-refractivity contribution < 1.29 is 0 Å². The topological polar surface area (TPSA) is 16.1 Å². The average molecular weight is 231 g/mol. The van der Waals surface area contributed by atoms with E-state index in [0.717, 1.165) is 0 Å². The third-order valence-corrected chi connectivity index (χ3v) is 4.38. The van der Waals surface area contributed by atoms with E-state index in [0.29, 0.717) is 11.8 Å². The summed E-state index contributed by atoms with van der Waals surface area (Å²) in [7, 11) is 2.18. The molecule has 0 aromatic carbocycles. The minimum atomic E-state index is 0.601. The second kappa shape index (κ2) is 4.60. The van der Waals surface area contributed by atoms with Crippen LogP contribution in [0.15, 0.2) is 6.20 Å². The van der Waals surface area contributed by atoms with Crippen LogP contribution in [0.25, 0.3) is 0 Å². The van der Waals surface area contributed by atoms with Crippen molar-refractivity contribution in [1.82, 2.24) is 9.88 Å². The third kappa shape index (κ3) is 2.27. The highest BCUT2D eigenvalue weighted by Crippen LogP contribution is 2.30. The van der Waals surface area contributed by atoms with Crippen LogP contribution in [0.1, 0.15) is 28.6 Å². The minimum absolute atomic E-state index is 0.601. The van der Waals surface area contributed by atoms with Gasteiger partial charge in [-0.25, -0.2) is 4.98 Å². The first-order chi connectivity index (χ1) is 6.79. The number of aromatic nitrogens is 1. The van der Waals surface area contributed by atoms with E-state index in [4.69, 9.17) is 11.6 Å². The predicted octanol–water partition coefficient (Wildman–Crippen LogP) is 2.69. The van der Waals surface area contributed by atoms with Gasteiger partial charge in [0.05, 0.1) is 10.9 Å². The van der Waals surface area contributed by atoms with E-state index in [1.54, 1.807) is 11.3 Å². The molecule has 1 saturated heterocycles. The Bertz CT molecular complexity index is 292. The maximum absolute atomic E-state index is 5.76. The Morgan fingerprint density at radius 2 is 2.29 bits per heavy atom. The van der Waals surface area contributed by atoms with Crippen molar-refractivity contribution in [3.8, 4) is 0 Å². The molecule has 0 aliphatic carbocycles. The van der Waals surface area contributed by atoms with E-state index in [1.807, 2.05) is 6.20 Å². The molecule has 0 atom stereocenters. The highest BCUT2D eigenvalue weighted by molar-refractivity contribution is 7.11. The number of rotatable bonds is 2. The first-order valence-electron chi connectivity index (χ1n) is 4.98. The summed E-state index contributed by atoms with van der Waals surface area (Å²) in [5.41, 5.74) is 0. The van der Waals surface area contributed by atoms with Crippen LogP contribution in [0.4, 0.5) is 0 Å². The molecule has 1 fully saturated rings. The SMILES string of the molecule is CN1CCC(c2ncc(CCl)s2)CC1. The number of hydrogen-bond acceptors (Lipinski definition) is 3. The Hall–Kier alpha value is -0.120. The molecule has 2 nitrogen and oxygen atoms in total. The molecule has 78 valence electrons. The van der Waals surface area contributed by atoms with Crippen LogP contribution in [0.3, 0.4) is 0 Å². The average Bonchev–Trinajstić information content (AvgIpc) is 2.67. The third-order valence-electron chi connectivity index (χ3n) is 2.77. The highest BCUT2D eigenvalue weighted by Gasteiger charge is 2.20. The summed E-state index contributed by atoms with van der Waals surface area (Å²) in [6.45, 7) is 2.39. The van der Waals surface area contributed by atoms with E-state index in [9.17, 15) is 0 Å². The fourth-order valence-corrected chi connectivity index (χ4v) is 3.00. The van der Waals surface area contributed by atoms with Gasteiger partial charge in [-0.05, 0) is 33.0 Å². The van der Waals surface area contributed by atoms with Crippen molar-refractivity contribution in [1.29, 1.82) is 0 Å². The van der Waals surface area contributed by atoms with Gasteiger partial charge in [0.2, 0.25) is 0 Å². The Morgan fingerprint density at radius 1 is 1.57 bits per heavy atom. The number of halogens is 1. The molecule has 1 aliphatic rings. The zero-order valence-corrected chi connectivity index (χ0v) is 9.94. The fourth-order valence-electron chi connectivity index (χ4n) is 1.83. The second-order valence-electron chi connectivity index (χ2n) is 3.88. The van der Waals surface area contributed by atoms with Crippen molar-refractivity contribution in [3.63, 3.8) is 0 Å². The number of alkyl halides is 1. The summed E-state index contributed by atoms with van der Waals surface area (Å²) in [6, 6.07) is 0. The van der Waals surface area contributed by atoms with Crippen LogP contribution < -0.4 is 0 Å². The molecule has 0 radical (unpaired) electrons. The maximum Gasteiger partial charge on any atom is 0.0959 e. The molecule has 0 saturated carbocycles. The monoisotopic (exact) mass is 230 g/mol. The molecule has 1 aliphatic heterocycles. The maximum atomic E-state index is 5.76. The van der Waals surface area contributed by atoms with Crippen molar-refractivity contribution in [2.24, 2.45) is 0 Å². The normalized spacial score (nSPS) is 20.1. The first-order valence-corrected chi connectivity index (χ1v) is 6.34. The van der Waals surface area contributed by atoms with Crippen LogP contribution in [0, 0.1) is 0 Å². The Morgan fingerprint density at radius 3 is 2.86 bits per heavy atom. The molecule has 0 amide bonds. The summed E-state index contributed by atoms with van der Waals surface area (Å²) < 4.78 is 0. The number of nitrogens with zero attached hydrogens (tertiary/aromatic N) is 2. The molecule has 0 spiro atoms. The Balaban J connectivity index is 2.01. The van der Waals surface area contributed by atoms with Crippen molar-refractivity contribution >= 4 is 22.9 Å². The lowest BCUT2D eigenvalue weighted by Crippen LogP contribution is -2.29. The lowest BCUT2D eigenvalue weighted by molar-refractivity contribution is 0.255. The zero-order chi connectivity index (χ0) is 9.97. The van der Waals surface area contributed by atoms with Gasteiger partial charge in [-0.1, -0.05) is 0 Å². The first kappa shape index (κ1) is 10.4. The van der Waals surface area contributed by atoms with Gasteiger partial charge in [-0.2, -0.15) is 0 Å². The summed E-state index contributed by atoms with van der Waals surface area (Å²) >= 11 is 7.54. The fraction of sp³-hybridized carbons (Fsp3) is 0.700. The quantitative estimate of drug-likeness (QED) is 0.727. The molecular weight excluding hydrogens is 216 g/mol. The molecule has 0 N–H and O–H groups in total. The Kier molecular flexibility index (Phi) is 3.42. The van der Waals surface area contributed by atoms with Crippen molar-refractivity contribution in [3.05, 3.63) is 16.1 Å². The molecule has 0 unspecified atom stereocenters. The van der Waals surface area contributed by atoms with Gasteiger partial charge in [-0.15, -0.1) is 22.9 Å². The van der Waals surface area contributed by atoms with Gasteiger partial charge in [0.25, 0.3) is 0 Å². The molecule has 0 bridgehead atoms. The van der Waals surface area contributed by atoms with E-state index in [2.05, 4.69) is 16.9 Å². The van der Waals surface area contributed by atoms with Gasteiger partial charge in [0, 0.05) is 17.0 Å². The standard InChI is InChI=1S/C10H15ClN2S/c1-13-4-2-8(3-5-13)10-12-7-9(6-11)14-10/h7-8H,2-6H2,1H3. The second-order valence-corrected chi connectivity index (χ2v) is 5.29. The molecule has 2 heterocycles. The van der Waals surface area contributed by atoms with Gasteiger partial charge in [0.15, 0.2) is 0 Å². The Labute approximate surface area is 93.9 Å². The predicted molar refractivity (Wildman–Crippen MR) is 61.1 cm³/mol. The number of thiazole rings is 1. The van der Waals surface area contributed by atoms with Gasteiger partial charge in [-0.3, -0.25) is 0 Å². The highest BCUT2D eigenvalue weighted by atomic mass is 35.5. The van der Waals surface area contributed by atoms with Gasteiger partial charge < -0.3 is 4.90 Å². The smallest absolute Gasteiger partial charge is 0.0959 e. The number of hydrogen-bond donors (Lipinski definition) is 0. The van der Waals surface area contributed by atoms with Crippen LogP contribution in [-0.2, 0) is 5.88 Å². The minimum Gasteiger partial charge on any atom is -0.306 e. The van der Waals surface area contributed by atoms with E-state index >= 15 is 0 Å². The lowest BCUT2D eigenvalue weighted by atomic mass is 9.98. The zero-order valence-electron chi connectivity index (χ0n) is 8.37. The molecule has 1 aromatic heterocycles. The lowest BCUT2D eigenvalue weighted by Gasteiger charge is -2.27. The molecule has 1 aromatic rings. The molecule has 4 heteroatoms. The number of likely N-dealkylation sites (tertiary alicyclic amines) is 1. The van der Waals surface area contributed by atoms with Crippen LogP contribution in [-0.4, -0.2) is 30.0 Å². The van der Waals surface area contributed by atoms with Crippen LogP contribution in [0.2, 0.25) is 0 Å². The van der Waals surface area contributed by atoms with Crippen molar-refractivity contribution in [2.45, 2.75) is 24.6 Å². The van der Waals surface area contributed by atoms with Crippen molar-refractivity contribution in [2.75, 3.05) is 20.1 Å². The van der Waals surface area contributed by atoms with Crippen LogP contribution in [0.5, 0.6) is 0 Å². The summed E-state index contributed by atoms with van der Waals surface area (Å²) in [5.74, 6) is 1.28. The largest absolute Gasteiger partial charge is 0.306 e. The number of piperidine rings is 1.